The van der Waals surface area contributed by atoms with Crippen LogP contribution in [0.4, 0.5) is 5.13 Å². The minimum atomic E-state index is -1.01. The molecule has 2 aromatic carbocycles. The van der Waals surface area contributed by atoms with Crippen LogP contribution in [0.3, 0.4) is 0 Å². The quantitative estimate of drug-likeness (QED) is 0.595. The Hall–Kier alpha value is -2.51. The molecule has 0 bridgehead atoms. The zero-order valence-corrected chi connectivity index (χ0v) is 14.8. The van der Waals surface area contributed by atoms with Crippen molar-refractivity contribution in [3.8, 4) is 5.75 Å². The highest BCUT2D eigenvalue weighted by atomic mass is 35.5. The Morgan fingerprint density at radius 3 is 2.80 bits per heavy atom. The molecule has 1 aromatic heterocycles. The molecular formula is C17H14ClN3O3S. The van der Waals surface area contributed by atoms with Gasteiger partial charge in [-0.15, -0.1) is 5.11 Å². The second-order valence-electron chi connectivity index (χ2n) is 5.25. The predicted octanol–water partition coefficient (Wildman–Crippen LogP) is 5.26. The summed E-state index contributed by atoms with van der Waals surface area (Å²) in [4.78, 5) is 14.9. The van der Waals surface area contributed by atoms with Gasteiger partial charge in [-0.25, -0.2) is 9.78 Å². The Bertz CT molecular complexity index is 925. The number of aliphatic carboxylic acids is 1. The first-order valence-electron chi connectivity index (χ1n) is 7.43. The van der Waals surface area contributed by atoms with Gasteiger partial charge in [-0.1, -0.05) is 35.1 Å². The molecule has 0 aliphatic carbocycles. The van der Waals surface area contributed by atoms with Gasteiger partial charge in [0.05, 0.1) is 16.3 Å². The van der Waals surface area contributed by atoms with Crippen LogP contribution in [-0.4, -0.2) is 22.7 Å². The van der Waals surface area contributed by atoms with Crippen LogP contribution in [0.15, 0.2) is 52.7 Å². The zero-order valence-electron chi connectivity index (χ0n) is 13.2. The third-order valence-corrected chi connectivity index (χ3v) is 4.52. The smallest absolute Gasteiger partial charge is 0.341 e. The normalized spacial score (nSPS) is 12.6. The summed E-state index contributed by atoms with van der Waals surface area (Å²) in [5.74, 6) is -0.512. The van der Waals surface area contributed by atoms with E-state index in [2.05, 4.69) is 15.2 Å². The maximum Gasteiger partial charge on any atom is 0.341 e. The average Bonchev–Trinajstić information content (AvgIpc) is 3.00. The molecule has 3 aromatic rings. The highest BCUT2D eigenvalue weighted by Crippen LogP contribution is 2.31. The lowest BCUT2D eigenvalue weighted by atomic mass is 10.1. The van der Waals surface area contributed by atoms with Crippen LogP contribution >= 0.6 is 22.9 Å². The van der Waals surface area contributed by atoms with Crippen LogP contribution < -0.4 is 4.74 Å². The van der Waals surface area contributed by atoms with Crippen LogP contribution in [0.2, 0.25) is 5.02 Å². The lowest BCUT2D eigenvalue weighted by Crippen LogP contribution is -2.09. The molecule has 1 atom stereocenters. The number of nitrogens with zero attached hydrogens (tertiary/aromatic N) is 3. The van der Waals surface area contributed by atoms with Gasteiger partial charge in [0.2, 0.25) is 5.13 Å². The van der Waals surface area contributed by atoms with Crippen LogP contribution in [0, 0.1) is 0 Å². The topological polar surface area (TPSA) is 84.1 Å². The molecule has 0 saturated heterocycles. The molecule has 0 saturated carbocycles. The summed E-state index contributed by atoms with van der Waals surface area (Å²) in [7, 11) is 0. The summed E-state index contributed by atoms with van der Waals surface area (Å²) in [5.41, 5.74) is 1.78. The highest BCUT2D eigenvalue weighted by molar-refractivity contribution is 7.21. The number of carboxylic acid groups (broad SMARTS) is 1. The fourth-order valence-electron chi connectivity index (χ4n) is 2.12. The standard InChI is InChI=1S/C17H14ClN3O3S/c1-10(11-2-5-13(6-3-11)24-9-16(22)23)20-21-17-19-14-7-4-12(18)8-15(14)25-17/h2-8,10H,9H2,1H3,(H,22,23). The van der Waals surface area contributed by atoms with Crippen LogP contribution in [0.1, 0.15) is 18.5 Å². The van der Waals surface area contributed by atoms with Gasteiger partial charge in [-0.2, -0.15) is 5.11 Å². The van der Waals surface area contributed by atoms with Crippen molar-refractivity contribution in [1.82, 2.24) is 4.98 Å². The number of hydrogen-bond acceptors (Lipinski definition) is 6. The first-order chi connectivity index (χ1) is 12.0. The number of halogens is 1. The third kappa shape index (κ3) is 4.52. The first-order valence-corrected chi connectivity index (χ1v) is 8.62. The second-order valence-corrected chi connectivity index (χ2v) is 6.70. The van der Waals surface area contributed by atoms with E-state index in [1.54, 1.807) is 18.2 Å². The molecule has 128 valence electrons. The van der Waals surface area contributed by atoms with Crippen molar-refractivity contribution >= 4 is 44.3 Å². The van der Waals surface area contributed by atoms with E-state index in [1.165, 1.54) is 11.3 Å². The molecule has 0 radical (unpaired) electrons. The van der Waals surface area contributed by atoms with E-state index >= 15 is 0 Å². The summed E-state index contributed by atoms with van der Waals surface area (Å²) >= 11 is 7.40. The van der Waals surface area contributed by atoms with Gasteiger partial charge in [0.15, 0.2) is 6.61 Å². The van der Waals surface area contributed by atoms with E-state index in [-0.39, 0.29) is 12.6 Å². The molecule has 1 N–H and O–H groups in total. The molecule has 8 heteroatoms. The number of benzene rings is 2. The Morgan fingerprint density at radius 2 is 2.08 bits per heavy atom. The lowest BCUT2D eigenvalue weighted by Gasteiger charge is -2.07. The maximum atomic E-state index is 10.5. The second kappa shape index (κ2) is 7.58. The summed E-state index contributed by atoms with van der Waals surface area (Å²) < 4.78 is 6.07. The first kappa shape index (κ1) is 17.3. The Labute approximate surface area is 152 Å². The minimum absolute atomic E-state index is 0.163. The third-order valence-electron chi connectivity index (χ3n) is 3.38. The van der Waals surface area contributed by atoms with Crippen molar-refractivity contribution in [2.45, 2.75) is 13.0 Å². The number of carbonyl (C=O) groups is 1. The Morgan fingerprint density at radius 1 is 1.32 bits per heavy atom. The van der Waals surface area contributed by atoms with E-state index in [1.807, 2.05) is 31.2 Å². The predicted molar refractivity (Wildman–Crippen MR) is 97.1 cm³/mol. The van der Waals surface area contributed by atoms with Gasteiger partial charge in [0.1, 0.15) is 5.75 Å². The molecule has 6 nitrogen and oxygen atoms in total. The van der Waals surface area contributed by atoms with Gasteiger partial charge in [-0.3, -0.25) is 0 Å². The van der Waals surface area contributed by atoms with Crippen molar-refractivity contribution in [2.75, 3.05) is 6.61 Å². The summed E-state index contributed by atoms with van der Waals surface area (Å²) in [6, 6.07) is 12.4. The van der Waals surface area contributed by atoms with Gasteiger partial charge < -0.3 is 9.84 Å². The Balaban J connectivity index is 1.68. The van der Waals surface area contributed by atoms with Crippen molar-refractivity contribution in [3.63, 3.8) is 0 Å². The van der Waals surface area contributed by atoms with E-state index in [0.717, 1.165) is 15.8 Å². The molecule has 0 aliphatic heterocycles. The highest BCUT2D eigenvalue weighted by Gasteiger charge is 2.07. The van der Waals surface area contributed by atoms with Crippen molar-refractivity contribution in [2.24, 2.45) is 10.2 Å². The van der Waals surface area contributed by atoms with Gasteiger partial charge >= 0.3 is 5.97 Å². The Kier molecular flexibility index (Phi) is 5.25. The number of ether oxygens (including phenoxy) is 1. The zero-order chi connectivity index (χ0) is 17.8. The minimum Gasteiger partial charge on any atom is -0.482 e. The molecule has 0 fully saturated rings. The summed E-state index contributed by atoms with van der Waals surface area (Å²) in [6.07, 6.45) is 0. The number of fused-ring (bicyclic) bond motifs is 1. The van der Waals surface area contributed by atoms with Crippen LogP contribution in [0.5, 0.6) is 5.75 Å². The SMILES string of the molecule is CC(N=Nc1nc2ccc(Cl)cc2s1)c1ccc(OCC(=O)O)cc1. The molecule has 1 heterocycles. The van der Waals surface area contributed by atoms with Gasteiger partial charge in [-0.05, 0) is 42.8 Å². The van der Waals surface area contributed by atoms with Crippen molar-refractivity contribution < 1.29 is 14.6 Å². The summed E-state index contributed by atoms with van der Waals surface area (Å²) in [6.45, 7) is 1.55. The molecule has 0 amide bonds. The molecular weight excluding hydrogens is 362 g/mol. The average molecular weight is 376 g/mol. The monoisotopic (exact) mass is 375 g/mol. The van der Waals surface area contributed by atoms with Crippen molar-refractivity contribution in [1.29, 1.82) is 0 Å². The lowest BCUT2D eigenvalue weighted by molar-refractivity contribution is -0.139. The van der Waals surface area contributed by atoms with Gasteiger partial charge in [0, 0.05) is 5.02 Å². The maximum absolute atomic E-state index is 10.5. The number of rotatable bonds is 6. The fraction of sp³-hybridized carbons (Fsp3) is 0.176. The molecule has 25 heavy (non-hydrogen) atoms. The van der Waals surface area contributed by atoms with E-state index in [0.29, 0.717) is 15.9 Å². The van der Waals surface area contributed by atoms with E-state index in [4.69, 9.17) is 21.4 Å². The number of azo groups is 1. The van der Waals surface area contributed by atoms with Crippen LogP contribution in [-0.2, 0) is 4.79 Å². The van der Waals surface area contributed by atoms with Crippen LogP contribution in [0.25, 0.3) is 10.2 Å². The largest absolute Gasteiger partial charge is 0.482 e. The molecule has 1 unspecified atom stereocenters. The number of aromatic nitrogens is 1. The molecule has 3 rings (SSSR count). The fourth-order valence-corrected chi connectivity index (χ4v) is 3.19. The molecule has 0 aliphatic rings. The van der Waals surface area contributed by atoms with E-state index < -0.39 is 5.97 Å². The van der Waals surface area contributed by atoms with Gasteiger partial charge in [0.25, 0.3) is 0 Å². The molecule has 0 spiro atoms. The number of thiazole rings is 1. The number of carboxylic acids is 1. The van der Waals surface area contributed by atoms with E-state index in [9.17, 15) is 4.79 Å². The summed E-state index contributed by atoms with van der Waals surface area (Å²) in [5, 5.41) is 18.3. The van der Waals surface area contributed by atoms with Crippen molar-refractivity contribution in [3.05, 3.63) is 53.1 Å². The number of hydrogen-bond donors (Lipinski definition) is 1.